The average molecular weight is 317 g/mol. The Morgan fingerprint density at radius 1 is 1.35 bits per heavy atom. The van der Waals surface area contributed by atoms with Crippen LogP contribution in [0.4, 0.5) is 5.69 Å². The monoisotopic (exact) mass is 316 g/mol. The SMILES string of the molecule is C[C@@]1(C(=O)O)CC(C(=O)O)=NN1c1ccc(Cl)cc1Cl. The van der Waals surface area contributed by atoms with Crippen LogP contribution >= 0.6 is 23.2 Å². The number of halogens is 2. The van der Waals surface area contributed by atoms with Crippen molar-refractivity contribution in [2.75, 3.05) is 5.01 Å². The molecule has 20 heavy (non-hydrogen) atoms. The predicted molar refractivity (Wildman–Crippen MR) is 74.7 cm³/mol. The predicted octanol–water partition coefficient (Wildman–Crippen LogP) is 2.49. The third-order valence-corrected chi connectivity index (χ3v) is 3.58. The topological polar surface area (TPSA) is 90.2 Å². The van der Waals surface area contributed by atoms with Crippen molar-refractivity contribution >= 4 is 46.5 Å². The molecule has 0 unspecified atom stereocenters. The van der Waals surface area contributed by atoms with E-state index < -0.39 is 17.5 Å². The van der Waals surface area contributed by atoms with E-state index in [0.717, 1.165) is 5.01 Å². The summed E-state index contributed by atoms with van der Waals surface area (Å²) >= 11 is 11.8. The summed E-state index contributed by atoms with van der Waals surface area (Å²) in [4.78, 5) is 22.5. The van der Waals surface area contributed by atoms with E-state index in [1.54, 1.807) is 0 Å². The molecule has 1 aromatic rings. The fraction of sp³-hybridized carbons (Fsp3) is 0.250. The number of carbonyl (C=O) groups is 2. The number of aliphatic carboxylic acids is 2. The number of benzene rings is 1. The Labute approximate surface area is 124 Å². The maximum Gasteiger partial charge on any atom is 0.352 e. The Bertz CT molecular complexity index is 632. The molecule has 0 aliphatic carbocycles. The average Bonchev–Trinajstić information content (AvgIpc) is 2.69. The summed E-state index contributed by atoms with van der Waals surface area (Å²) in [6, 6.07) is 4.47. The van der Waals surface area contributed by atoms with E-state index in [1.807, 2.05) is 0 Å². The Hall–Kier alpha value is -1.79. The zero-order valence-electron chi connectivity index (χ0n) is 10.3. The van der Waals surface area contributed by atoms with Gasteiger partial charge < -0.3 is 10.2 Å². The summed E-state index contributed by atoms with van der Waals surface area (Å²) in [6.45, 7) is 1.39. The first kappa shape index (κ1) is 14.6. The molecule has 2 N–H and O–H groups in total. The van der Waals surface area contributed by atoms with Gasteiger partial charge in [-0.05, 0) is 25.1 Å². The molecule has 0 aromatic heterocycles. The first-order valence-electron chi connectivity index (χ1n) is 5.55. The summed E-state index contributed by atoms with van der Waals surface area (Å²) in [5, 5.41) is 23.9. The number of hydrogen-bond acceptors (Lipinski definition) is 4. The summed E-state index contributed by atoms with van der Waals surface area (Å²) < 4.78 is 0. The summed E-state index contributed by atoms with van der Waals surface area (Å²) in [5.41, 5.74) is -1.45. The van der Waals surface area contributed by atoms with Crippen LogP contribution < -0.4 is 5.01 Å². The molecule has 1 aromatic carbocycles. The molecule has 1 aliphatic rings. The molecule has 0 spiro atoms. The lowest BCUT2D eigenvalue weighted by atomic mass is 9.95. The van der Waals surface area contributed by atoms with Crippen molar-refractivity contribution in [1.29, 1.82) is 0 Å². The highest BCUT2D eigenvalue weighted by Crippen LogP contribution is 2.38. The normalized spacial score (nSPS) is 21.8. The van der Waals surface area contributed by atoms with E-state index in [0.29, 0.717) is 5.02 Å². The maximum absolute atomic E-state index is 11.5. The largest absolute Gasteiger partial charge is 0.479 e. The lowest BCUT2D eigenvalue weighted by molar-refractivity contribution is -0.142. The van der Waals surface area contributed by atoms with Crippen molar-refractivity contribution in [2.24, 2.45) is 5.10 Å². The second kappa shape index (κ2) is 4.96. The fourth-order valence-corrected chi connectivity index (χ4v) is 2.41. The van der Waals surface area contributed by atoms with Gasteiger partial charge in [-0.3, -0.25) is 0 Å². The minimum absolute atomic E-state index is 0.195. The lowest BCUT2D eigenvalue weighted by Gasteiger charge is -2.30. The van der Waals surface area contributed by atoms with Crippen LogP contribution in [-0.4, -0.2) is 33.4 Å². The Balaban J connectivity index is 2.55. The number of nitrogens with zero attached hydrogens (tertiary/aromatic N) is 2. The second-order valence-corrected chi connectivity index (χ2v) is 5.36. The Morgan fingerprint density at radius 3 is 2.50 bits per heavy atom. The zero-order valence-corrected chi connectivity index (χ0v) is 11.8. The molecular formula is C12H10Cl2N2O4. The third kappa shape index (κ3) is 2.32. The maximum atomic E-state index is 11.5. The van der Waals surface area contributed by atoms with Crippen LogP contribution in [0.2, 0.25) is 10.0 Å². The van der Waals surface area contributed by atoms with Crippen LogP contribution in [0.1, 0.15) is 13.3 Å². The van der Waals surface area contributed by atoms with Crippen molar-refractivity contribution in [1.82, 2.24) is 0 Å². The van der Waals surface area contributed by atoms with Crippen molar-refractivity contribution in [3.63, 3.8) is 0 Å². The van der Waals surface area contributed by atoms with Crippen molar-refractivity contribution in [3.8, 4) is 0 Å². The highest BCUT2D eigenvalue weighted by molar-refractivity contribution is 6.38. The first-order valence-corrected chi connectivity index (χ1v) is 6.31. The van der Waals surface area contributed by atoms with Crippen LogP contribution in [0, 0.1) is 0 Å². The van der Waals surface area contributed by atoms with Gasteiger partial charge in [-0.1, -0.05) is 23.2 Å². The van der Waals surface area contributed by atoms with Gasteiger partial charge in [0.1, 0.15) is 5.71 Å². The van der Waals surface area contributed by atoms with E-state index >= 15 is 0 Å². The summed E-state index contributed by atoms with van der Waals surface area (Å²) in [7, 11) is 0. The molecule has 0 fully saturated rings. The fourth-order valence-electron chi connectivity index (χ4n) is 1.92. The molecule has 2 rings (SSSR count). The standard InChI is InChI=1S/C12H10Cl2N2O4/c1-12(11(19)20)5-8(10(17)18)15-16(12)9-3-2-6(13)4-7(9)14/h2-4H,5H2,1H3,(H,17,18)(H,19,20)/t12-/m0/s1. The van der Waals surface area contributed by atoms with Crippen LogP contribution in [0.15, 0.2) is 23.3 Å². The van der Waals surface area contributed by atoms with E-state index in [2.05, 4.69) is 5.10 Å². The Kier molecular flexibility index (Phi) is 3.62. The second-order valence-electron chi connectivity index (χ2n) is 4.52. The van der Waals surface area contributed by atoms with Crippen LogP contribution in [0.25, 0.3) is 0 Å². The Morgan fingerprint density at radius 2 is 2.00 bits per heavy atom. The number of carboxylic acids is 2. The number of anilines is 1. The van der Waals surface area contributed by atoms with E-state index in [-0.39, 0.29) is 22.8 Å². The molecule has 0 bridgehead atoms. The molecule has 1 aliphatic heterocycles. The molecule has 106 valence electrons. The van der Waals surface area contributed by atoms with Gasteiger partial charge in [0.2, 0.25) is 0 Å². The van der Waals surface area contributed by atoms with Gasteiger partial charge in [-0.2, -0.15) is 5.10 Å². The molecule has 0 saturated carbocycles. The van der Waals surface area contributed by atoms with E-state index in [9.17, 15) is 14.7 Å². The van der Waals surface area contributed by atoms with Gasteiger partial charge in [-0.25, -0.2) is 14.6 Å². The molecular weight excluding hydrogens is 307 g/mol. The van der Waals surface area contributed by atoms with Crippen molar-refractivity contribution in [3.05, 3.63) is 28.2 Å². The smallest absolute Gasteiger partial charge is 0.352 e. The quantitative estimate of drug-likeness (QED) is 0.894. The zero-order chi connectivity index (χ0) is 15.1. The third-order valence-electron chi connectivity index (χ3n) is 3.05. The molecule has 6 nitrogen and oxygen atoms in total. The molecule has 1 heterocycles. The number of hydrogen-bond donors (Lipinski definition) is 2. The van der Waals surface area contributed by atoms with Crippen molar-refractivity contribution in [2.45, 2.75) is 18.9 Å². The number of hydrazone groups is 1. The highest BCUT2D eigenvalue weighted by atomic mass is 35.5. The van der Waals surface area contributed by atoms with Crippen molar-refractivity contribution < 1.29 is 19.8 Å². The minimum Gasteiger partial charge on any atom is -0.479 e. The van der Waals surface area contributed by atoms with Gasteiger partial charge in [0.15, 0.2) is 5.54 Å². The summed E-state index contributed by atoms with van der Waals surface area (Å²) in [6.07, 6.45) is -0.226. The van der Waals surface area contributed by atoms with E-state index in [4.69, 9.17) is 28.3 Å². The summed E-state index contributed by atoms with van der Waals surface area (Å²) in [5.74, 6) is -2.45. The molecule has 1 atom stereocenters. The minimum atomic E-state index is -1.51. The number of carboxylic acid groups (broad SMARTS) is 2. The lowest BCUT2D eigenvalue weighted by Crippen LogP contribution is -2.47. The molecule has 0 saturated heterocycles. The van der Waals surface area contributed by atoms with Gasteiger partial charge in [-0.15, -0.1) is 0 Å². The molecule has 0 radical (unpaired) electrons. The van der Waals surface area contributed by atoms with E-state index in [1.165, 1.54) is 25.1 Å². The van der Waals surface area contributed by atoms with Gasteiger partial charge >= 0.3 is 11.9 Å². The van der Waals surface area contributed by atoms with Gasteiger partial charge in [0, 0.05) is 11.4 Å². The molecule has 0 amide bonds. The van der Waals surface area contributed by atoms with Crippen LogP contribution in [0.5, 0.6) is 0 Å². The van der Waals surface area contributed by atoms with Crippen LogP contribution in [0.3, 0.4) is 0 Å². The van der Waals surface area contributed by atoms with Crippen LogP contribution in [-0.2, 0) is 9.59 Å². The highest BCUT2D eigenvalue weighted by Gasteiger charge is 2.48. The molecule has 8 heteroatoms. The number of rotatable bonds is 3. The van der Waals surface area contributed by atoms with Gasteiger partial charge in [0.25, 0.3) is 0 Å². The first-order chi connectivity index (χ1) is 9.25. The van der Waals surface area contributed by atoms with Gasteiger partial charge in [0.05, 0.1) is 10.7 Å².